The van der Waals surface area contributed by atoms with Gasteiger partial charge in [0.2, 0.25) is 0 Å². The Balaban J connectivity index is 1.42. The highest BCUT2D eigenvalue weighted by Gasteiger charge is 2.13. The van der Waals surface area contributed by atoms with Gasteiger partial charge >= 0.3 is 6.01 Å². The van der Waals surface area contributed by atoms with Gasteiger partial charge in [-0.05, 0) is 47.8 Å². The van der Waals surface area contributed by atoms with Crippen LogP contribution in [0.15, 0.2) is 76.5 Å². The molecule has 4 aromatic rings. The normalized spacial score (nSPS) is 10.5. The van der Waals surface area contributed by atoms with Gasteiger partial charge < -0.3 is 9.15 Å². The second-order valence-electron chi connectivity index (χ2n) is 5.28. The molecule has 0 fully saturated rings. The van der Waals surface area contributed by atoms with Crippen molar-refractivity contribution >= 4 is 23.3 Å². The fourth-order valence-corrected chi connectivity index (χ4v) is 2.89. The van der Waals surface area contributed by atoms with Crippen molar-refractivity contribution in [1.82, 2.24) is 10.2 Å². The van der Waals surface area contributed by atoms with E-state index in [2.05, 4.69) is 15.5 Å². The second kappa shape index (κ2) is 7.20. The molecule has 0 bridgehead atoms. The lowest BCUT2D eigenvalue weighted by molar-refractivity contribution is 0.102. The first kappa shape index (κ1) is 16.0. The lowest BCUT2D eigenvalue weighted by Gasteiger charge is -2.06. The van der Waals surface area contributed by atoms with E-state index in [1.807, 2.05) is 47.8 Å². The van der Waals surface area contributed by atoms with Gasteiger partial charge in [-0.2, -0.15) is 0 Å². The van der Waals surface area contributed by atoms with Crippen molar-refractivity contribution in [2.24, 2.45) is 0 Å². The monoisotopic (exact) mass is 363 g/mol. The minimum atomic E-state index is -0.336. The molecule has 0 aliphatic rings. The highest BCUT2D eigenvalue weighted by molar-refractivity contribution is 7.13. The lowest BCUT2D eigenvalue weighted by atomic mass is 10.2. The minimum absolute atomic E-state index is 0.0583. The third kappa shape index (κ3) is 3.62. The fourth-order valence-electron chi connectivity index (χ4n) is 2.24. The van der Waals surface area contributed by atoms with E-state index in [1.165, 1.54) is 11.3 Å². The number of nitrogens with one attached hydrogen (secondary N) is 1. The molecule has 26 heavy (non-hydrogen) atoms. The third-order valence-electron chi connectivity index (χ3n) is 3.47. The highest BCUT2D eigenvalue weighted by Crippen LogP contribution is 2.25. The molecule has 128 valence electrons. The molecular weight excluding hydrogens is 350 g/mol. The first-order valence-corrected chi connectivity index (χ1v) is 8.67. The standard InChI is InChI=1S/C19H13N3O3S/c23-17(20-19-22-21-18(25-19)16-7-4-12-26-16)13-8-10-15(11-9-13)24-14-5-2-1-3-6-14/h1-12H,(H,20,22,23). The molecule has 4 rings (SSSR count). The summed E-state index contributed by atoms with van der Waals surface area (Å²) >= 11 is 1.48. The molecule has 0 aliphatic heterocycles. The SMILES string of the molecule is O=C(Nc1nnc(-c2cccs2)o1)c1ccc(Oc2ccccc2)cc1. The topological polar surface area (TPSA) is 77.3 Å². The summed E-state index contributed by atoms with van der Waals surface area (Å²) in [4.78, 5) is 13.1. The van der Waals surface area contributed by atoms with Crippen LogP contribution in [-0.4, -0.2) is 16.1 Å². The van der Waals surface area contributed by atoms with Crippen molar-refractivity contribution in [1.29, 1.82) is 0 Å². The molecule has 7 heteroatoms. The molecule has 0 spiro atoms. The van der Waals surface area contributed by atoms with Crippen molar-refractivity contribution < 1.29 is 13.9 Å². The first-order valence-electron chi connectivity index (χ1n) is 7.80. The van der Waals surface area contributed by atoms with Crippen LogP contribution < -0.4 is 10.1 Å². The zero-order valence-corrected chi connectivity index (χ0v) is 14.3. The molecule has 1 amide bonds. The van der Waals surface area contributed by atoms with E-state index in [0.29, 0.717) is 17.2 Å². The largest absolute Gasteiger partial charge is 0.457 e. The summed E-state index contributed by atoms with van der Waals surface area (Å²) in [5, 5.41) is 12.3. The maximum absolute atomic E-state index is 12.3. The van der Waals surface area contributed by atoms with Crippen LogP contribution in [0.1, 0.15) is 10.4 Å². The van der Waals surface area contributed by atoms with E-state index >= 15 is 0 Å². The number of hydrogen-bond acceptors (Lipinski definition) is 6. The van der Waals surface area contributed by atoms with E-state index in [-0.39, 0.29) is 11.9 Å². The average molecular weight is 363 g/mol. The van der Waals surface area contributed by atoms with E-state index in [9.17, 15) is 4.79 Å². The third-order valence-corrected chi connectivity index (χ3v) is 4.33. The summed E-state index contributed by atoms with van der Waals surface area (Å²) in [5.74, 6) is 1.42. The van der Waals surface area contributed by atoms with Crippen LogP contribution in [-0.2, 0) is 0 Å². The number of thiophene rings is 1. The Morgan fingerprint density at radius 3 is 2.42 bits per heavy atom. The molecule has 0 saturated heterocycles. The number of nitrogens with zero attached hydrogens (tertiary/aromatic N) is 2. The van der Waals surface area contributed by atoms with Gasteiger partial charge in [0, 0.05) is 5.56 Å². The quantitative estimate of drug-likeness (QED) is 0.549. The molecular formula is C19H13N3O3S. The number of aromatic nitrogens is 2. The van der Waals surface area contributed by atoms with Gasteiger partial charge in [-0.15, -0.1) is 16.4 Å². The highest BCUT2D eigenvalue weighted by atomic mass is 32.1. The zero-order valence-electron chi connectivity index (χ0n) is 13.5. The number of benzene rings is 2. The number of carbonyl (C=O) groups excluding carboxylic acids is 1. The summed E-state index contributed by atoms with van der Waals surface area (Å²) in [5.41, 5.74) is 0.460. The minimum Gasteiger partial charge on any atom is -0.457 e. The van der Waals surface area contributed by atoms with Crippen LogP contribution in [0.3, 0.4) is 0 Å². The molecule has 2 aromatic carbocycles. The van der Waals surface area contributed by atoms with E-state index in [0.717, 1.165) is 10.6 Å². The van der Waals surface area contributed by atoms with E-state index < -0.39 is 0 Å². The van der Waals surface area contributed by atoms with Gasteiger partial charge in [0.25, 0.3) is 11.8 Å². The smallest absolute Gasteiger partial charge is 0.322 e. The first-order chi connectivity index (χ1) is 12.8. The van der Waals surface area contributed by atoms with E-state index in [4.69, 9.17) is 9.15 Å². The van der Waals surface area contributed by atoms with Crippen LogP contribution in [0.2, 0.25) is 0 Å². The van der Waals surface area contributed by atoms with Crippen LogP contribution >= 0.6 is 11.3 Å². The summed E-state index contributed by atoms with van der Waals surface area (Å²) in [6.45, 7) is 0. The van der Waals surface area contributed by atoms with Gasteiger partial charge in [-0.25, -0.2) is 0 Å². The number of carbonyl (C=O) groups is 1. The summed E-state index contributed by atoms with van der Waals surface area (Å²) in [7, 11) is 0. The number of rotatable bonds is 5. The maximum Gasteiger partial charge on any atom is 0.322 e. The Labute approximate surface area is 153 Å². The Hall–Kier alpha value is -3.45. The Kier molecular flexibility index (Phi) is 4.44. The lowest BCUT2D eigenvalue weighted by Crippen LogP contribution is -2.11. The summed E-state index contributed by atoms with van der Waals surface area (Å²) in [6.07, 6.45) is 0. The van der Waals surface area contributed by atoms with Crippen molar-refractivity contribution in [2.45, 2.75) is 0 Å². The summed E-state index contributed by atoms with van der Waals surface area (Å²) in [6, 6.07) is 20.1. The fraction of sp³-hybridized carbons (Fsp3) is 0. The molecule has 2 heterocycles. The van der Waals surface area contributed by atoms with Gasteiger partial charge in [0.05, 0.1) is 4.88 Å². The van der Waals surface area contributed by atoms with Crippen molar-refractivity contribution in [3.63, 3.8) is 0 Å². The Bertz CT molecular complexity index is 996. The van der Waals surface area contributed by atoms with Gasteiger partial charge in [-0.3, -0.25) is 10.1 Å². The maximum atomic E-state index is 12.3. The van der Waals surface area contributed by atoms with Crippen LogP contribution in [0, 0.1) is 0 Å². The molecule has 0 atom stereocenters. The van der Waals surface area contributed by atoms with Gasteiger partial charge in [-0.1, -0.05) is 29.4 Å². The number of para-hydroxylation sites is 1. The molecule has 1 N–H and O–H groups in total. The molecule has 0 saturated carbocycles. The van der Waals surface area contributed by atoms with Crippen molar-refractivity contribution in [3.05, 3.63) is 77.7 Å². The van der Waals surface area contributed by atoms with Gasteiger partial charge in [0.15, 0.2) is 0 Å². The predicted molar refractivity (Wildman–Crippen MR) is 98.5 cm³/mol. The molecule has 0 unspecified atom stereocenters. The molecule has 0 aliphatic carbocycles. The molecule has 6 nitrogen and oxygen atoms in total. The van der Waals surface area contributed by atoms with Crippen molar-refractivity contribution in [3.8, 4) is 22.3 Å². The number of anilines is 1. The molecule has 0 radical (unpaired) electrons. The second-order valence-corrected chi connectivity index (χ2v) is 6.23. The van der Waals surface area contributed by atoms with Crippen LogP contribution in [0.5, 0.6) is 11.5 Å². The van der Waals surface area contributed by atoms with Crippen LogP contribution in [0.25, 0.3) is 10.8 Å². The number of hydrogen-bond donors (Lipinski definition) is 1. The molecule has 2 aromatic heterocycles. The van der Waals surface area contributed by atoms with Gasteiger partial charge in [0.1, 0.15) is 11.5 Å². The number of ether oxygens (including phenoxy) is 1. The zero-order chi connectivity index (χ0) is 17.8. The number of amides is 1. The predicted octanol–water partition coefficient (Wildman–Crippen LogP) is 4.84. The Morgan fingerprint density at radius 2 is 1.69 bits per heavy atom. The van der Waals surface area contributed by atoms with E-state index in [1.54, 1.807) is 24.3 Å². The van der Waals surface area contributed by atoms with Crippen molar-refractivity contribution in [2.75, 3.05) is 5.32 Å². The van der Waals surface area contributed by atoms with Crippen LogP contribution in [0.4, 0.5) is 6.01 Å². The Morgan fingerprint density at radius 1 is 0.923 bits per heavy atom. The average Bonchev–Trinajstić information content (AvgIpc) is 3.35. The summed E-state index contributed by atoms with van der Waals surface area (Å²) < 4.78 is 11.2.